The number of benzene rings is 2. The van der Waals surface area contributed by atoms with Crippen molar-refractivity contribution in [3.8, 4) is 0 Å². The lowest BCUT2D eigenvalue weighted by molar-refractivity contribution is -0.142. The van der Waals surface area contributed by atoms with Crippen molar-refractivity contribution in [3.05, 3.63) is 65.7 Å². The zero-order valence-electron chi connectivity index (χ0n) is 11.1. The Kier molecular flexibility index (Phi) is 4.50. The average Bonchev–Trinajstić information content (AvgIpc) is 2.46. The molecule has 102 valence electrons. The highest BCUT2D eigenvalue weighted by Crippen LogP contribution is 2.10. The molecule has 2 aromatic rings. The Bertz CT molecular complexity index is 591. The minimum Gasteiger partial charge on any atom is -0.461 e. The fourth-order valence-electron chi connectivity index (χ4n) is 1.66. The molecule has 4 heteroatoms. The number of para-hydroxylation sites is 1. The minimum absolute atomic E-state index is 0.171. The first-order chi connectivity index (χ1) is 9.65. The smallest absolute Gasteiger partial charge is 0.302 e. The van der Waals surface area contributed by atoms with Crippen LogP contribution in [-0.4, -0.2) is 11.9 Å². The number of amides is 1. The van der Waals surface area contributed by atoms with Crippen LogP contribution in [0.25, 0.3) is 0 Å². The predicted octanol–water partition coefficient (Wildman–Crippen LogP) is 3.00. The van der Waals surface area contributed by atoms with Gasteiger partial charge in [-0.25, -0.2) is 0 Å². The number of ether oxygens (including phenoxy) is 1. The van der Waals surface area contributed by atoms with E-state index in [0.29, 0.717) is 5.56 Å². The van der Waals surface area contributed by atoms with Crippen LogP contribution in [0.15, 0.2) is 54.6 Å². The maximum atomic E-state index is 12.0. The standard InChI is InChI=1S/C16H15NO3/c1-12(18)20-11-13-7-9-14(10-8-13)16(19)17-15-5-3-2-4-6-15/h2-10H,11H2,1H3,(H,17,19). The summed E-state index contributed by atoms with van der Waals surface area (Å²) in [6, 6.07) is 16.2. The van der Waals surface area contributed by atoms with Gasteiger partial charge in [0.1, 0.15) is 6.61 Å². The Labute approximate surface area is 117 Å². The fraction of sp³-hybridized carbons (Fsp3) is 0.125. The average molecular weight is 269 g/mol. The summed E-state index contributed by atoms with van der Waals surface area (Å²) in [6.07, 6.45) is 0. The summed E-state index contributed by atoms with van der Waals surface area (Å²) in [4.78, 5) is 22.7. The molecule has 1 amide bonds. The summed E-state index contributed by atoms with van der Waals surface area (Å²) >= 11 is 0. The van der Waals surface area contributed by atoms with Crippen LogP contribution < -0.4 is 5.32 Å². The molecule has 0 bridgehead atoms. The minimum atomic E-state index is -0.323. The Morgan fingerprint density at radius 1 is 1.00 bits per heavy atom. The first-order valence-corrected chi connectivity index (χ1v) is 6.24. The third-order valence-corrected chi connectivity index (χ3v) is 2.69. The number of carbonyl (C=O) groups excluding carboxylic acids is 2. The van der Waals surface area contributed by atoms with Crippen LogP contribution in [0.4, 0.5) is 5.69 Å². The van der Waals surface area contributed by atoms with Crippen molar-refractivity contribution in [1.82, 2.24) is 0 Å². The lowest BCUT2D eigenvalue weighted by atomic mass is 10.1. The number of rotatable bonds is 4. The van der Waals surface area contributed by atoms with E-state index in [1.807, 2.05) is 30.3 Å². The fourth-order valence-corrected chi connectivity index (χ4v) is 1.66. The Morgan fingerprint density at radius 2 is 1.65 bits per heavy atom. The van der Waals surface area contributed by atoms with Gasteiger partial charge >= 0.3 is 5.97 Å². The Balaban J connectivity index is 1.99. The third-order valence-electron chi connectivity index (χ3n) is 2.69. The van der Waals surface area contributed by atoms with Crippen molar-refractivity contribution in [2.75, 3.05) is 5.32 Å². The zero-order valence-corrected chi connectivity index (χ0v) is 11.1. The highest BCUT2D eigenvalue weighted by molar-refractivity contribution is 6.04. The second-order valence-corrected chi connectivity index (χ2v) is 4.30. The van der Waals surface area contributed by atoms with Gasteiger partial charge in [-0.2, -0.15) is 0 Å². The van der Waals surface area contributed by atoms with E-state index in [1.54, 1.807) is 24.3 Å². The maximum Gasteiger partial charge on any atom is 0.302 e. The van der Waals surface area contributed by atoms with E-state index in [4.69, 9.17) is 4.74 Å². The van der Waals surface area contributed by atoms with Crippen molar-refractivity contribution in [2.24, 2.45) is 0 Å². The number of hydrogen-bond donors (Lipinski definition) is 1. The molecule has 0 radical (unpaired) electrons. The molecule has 0 saturated heterocycles. The first kappa shape index (κ1) is 13.8. The topological polar surface area (TPSA) is 55.4 Å². The van der Waals surface area contributed by atoms with Crippen LogP contribution in [0.5, 0.6) is 0 Å². The predicted molar refractivity (Wildman–Crippen MR) is 76.3 cm³/mol. The molecular formula is C16H15NO3. The Morgan fingerprint density at radius 3 is 2.25 bits per heavy atom. The van der Waals surface area contributed by atoms with Crippen molar-refractivity contribution in [2.45, 2.75) is 13.5 Å². The molecule has 0 atom stereocenters. The van der Waals surface area contributed by atoms with Crippen LogP contribution in [-0.2, 0) is 16.1 Å². The van der Waals surface area contributed by atoms with E-state index in [9.17, 15) is 9.59 Å². The lowest BCUT2D eigenvalue weighted by Crippen LogP contribution is -2.11. The van der Waals surface area contributed by atoms with Crippen LogP contribution in [0.3, 0.4) is 0 Å². The van der Waals surface area contributed by atoms with E-state index in [2.05, 4.69) is 5.32 Å². The number of anilines is 1. The molecule has 2 aromatic carbocycles. The lowest BCUT2D eigenvalue weighted by Gasteiger charge is -2.06. The van der Waals surface area contributed by atoms with Gasteiger partial charge in [-0.1, -0.05) is 30.3 Å². The van der Waals surface area contributed by atoms with E-state index in [1.165, 1.54) is 6.92 Å². The second kappa shape index (κ2) is 6.52. The molecule has 0 unspecified atom stereocenters. The van der Waals surface area contributed by atoms with Crippen LogP contribution in [0.1, 0.15) is 22.8 Å². The molecule has 0 aliphatic heterocycles. The van der Waals surface area contributed by atoms with Gasteiger partial charge in [-0.05, 0) is 29.8 Å². The van der Waals surface area contributed by atoms with Gasteiger partial charge in [0, 0.05) is 18.2 Å². The third kappa shape index (κ3) is 3.95. The maximum absolute atomic E-state index is 12.0. The van der Waals surface area contributed by atoms with Crippen LogP contribution in [0.2, 0.25) is 0 Å². The van der Waals surface area contributed by atoms with E-state index >= 15 is 0 Å². The first-order valence-electron chi connectivity index (χ1n) is 6.24. The molecule has 0 aliphatic carbocycles. The van der Waals surface area contributed by atoms with Gasteiger partial charge in [0.25, 0.3) is 5.91 Å². The van der Waals surface area contributed by atoms with Crippen LogP contribution >= 0.6 is 0 Å². The van der Waals surface area contributed by atoms with Gasteiger partial charge < -0.3 is 10.1 Å². The molecule has 0 aliphatic rings. The largest absolute Gasteiger partial charge is 0.461 e. The molecule has 4 nitrogen and oxygen atoms in total. The summed E-state index contributed by atoms with van der Waals surface area (Å²) in [6.45, 7) is 1.58. The molecule has 2 rings (SSSR count). The number of hydrogen-bond acceptors (Lipinski definition) is 3. The van der Waals surface area contributed by atoms with E-state index < -0.39 is 0 Å². The van der Waals surface area contributed by atoms with Crippen LogP contribution in [0, 0.1) is 0 Å². The van der Waals surface area contributed by atoms with Crippen molar-refractivity contribution in [3.63, 3.8) is 0 Å². The van der Waals surface area contributed by atoms with E-state index in [-0.39, 0.29) is 18.5 Å². The summed E-state index contributed by atoms with van der Waals surface area (Å²) in [7, 11) is 0. The quantitative estimate of drug-likeness (QED) is 0.868. The summed E-state index contributed by atoms with van der Waals surface area (Å²) < 4.78 is 4.88. The molecule has 0 heterocycles. The highest BCUT2D eigenvalue weighted by atomic mass is 16.5. The van der Waals surface area contributed by atoms with Gasteiger partial charge in [-0.15, -0.1) is 0 Å². The highest BCUT2D eigenvalue weighted by Gasteiger charge is 2.06. The molecular weight excluding hydrogens is 254 g/mol. The van der Waals surface area contributed by atoms with Crippen molar-refractivity contribution in [1.29, 1.82) is 0 Å². The summed E-state index contributed by atoms with van der Waals surface area (Å²) in [5.41, 5.74) is 2.15. The van der Waals surface area contributed by atoms with Gasteiger partial charge in [0.05, 0.1) is 0 Å². The molecule has 1 N–H and O–H groups in total. The molecule has 20 heavy (non-hydrogen) atoms. The SMILES string of the molecule is CC(=O)OCc1ccc(C(=O)Nc2ccccc2)cc1. The van der Waals surface area contributed by atoms with Gasteiger partial charge in [0.15, 0.2) is 0 Å². The zero-order chi connectivity index (χ0) is 14.4. The summed E-state index contributed by atoms with van der Waals surface area (Å²) in [5.74, 6) is -0.494. The monoisotopic (exact) mass is 269 g/mol. The van der Waals surface area contributed by atoms with Crippen molar-refractivity contribution >= 4 is 17.6 Å². The normalized spacial score (nSPS) is 9.85. The number of carbonyl (C=O) groups is 2. The second-order valence-electron chi connectivity index (χ2n) is 4.30. The Hall–Kier alpha value is -2.62. The summed E-state index contributed by atoms with van der Waals surface area (Å²) in [5, 5.41) is 2.80. The molecule has 0 aromatic heterocycles. The molecule has 0 saturated carbocycles. The number of nitrogens with one attached hydrogen (secondary N) is 1. The molecule has 0 fully saturated rings. The van der Waals surface area contributed by atoms with Gasteiger partial charge in [-0.3, -0.25) is 9.59 Å². The van der Waals surface area contributed by atoms with Crippen molar-refractivity contribution < 1.29 is 14.3 Å². The van der Waals surface area contributed by atoms with E-state index in [0.717, 1.165) is 11.3 Å². The van der Waals surface area contributed by atoms with Gasteiger partial charge in [0.2, 0.25) is 0 Å². The molecule has 0 spiro atoms. The number of esters is 1.